The van der Waals surface area contributed by atoms with Gasteiger partial charge in [0.25, 0.3) is 10.0 Å². The van der Waals surface area contributed by atoms with Gasteiger partial charge in [0, 0.05) is 6.07 Å². The second kappa shape index (κ2) is 6.93. The van der Waals surface area contributed by atoms with Gasteiger partial charge in [-0.1, -0.05) is 17.3 Å². The van der Waals surface area contributed by atoms with Crippen LogP contribution in [0.1, 0.15) is 21.6 Å². The van der Waals surface area contributed by atoms with Gasteiger partial charge >= 0.3 is 5.97 Å². The number of ether oxygens (including phenoxy) is 1. The van der Waals surface area contributed by atoms with E-state index in [-0.39, 0.29) is 9.90 Å². The molecule has 0 amide bonds. The van der Waals surface area contributed by atoms with Gasteiger partial charge < -0.3 is 9.26 Å². The average molecular weight is 392 g/mol. The van der Waals surface area contributed by atoms with Crippen molar-refractivity contribution >= 4 is 33.0 Å². The maximum absolute atomic E-state index is 12.6. The first-order chi connectivity index (χ1) is 12.3. The van der Waals surface area contributed by atoms with Crippen molar-refractivity contribution in [1.82, 2.24) is 5.16 Å². The lowest BCUT2D eigenvalue weighted by Crippen LogP contribution is -2.12. The van der Waals surface area contributed by atoms with Crippen LogP contribution in [0.15, 0.2) is 45.1 Å². The van der Waals surface area contributed by atoms with Gasteiger partial charge in [-0.15, -0.1) is 11.3 Å². The van der Waals surface area contributed by atoms with Gasteiger partial charge in [0.15, 0.2) is 11.5 Å². The van der Waals surface area contributed by atoms with Gasteiger partial charge in [-0.25, -0.2) is 13.2 Å². The summed E-state index contributed by atoms with van der Waals surface area (Å²) in [5, 5.41) is 3.62. The predicted octanol–water partition coefficient (Wildman–Crippen LogP) is 3.61. The molecule has 2 aromatic heterocycles. The van der Waals surface area contributed by atoms with Gasteiger partial charge in [0.2, 0.25) is 0 Å². The molecule has 136 valence electrons. The number of aryl methyl sites for hydroxylation is 1. The molecule has 0 bridgehead atoms. The van der Waals surface area contributed by atoms with Gasteiger partial charge in [0.1, 0.15) is 4.21 Å². The molecule has 26 heavy (non-hydrogen) atoms. The molecule has 3 aromatic rings. The third-order valence-corrected chi connectivity index (χ3v) is 6.80. The number of sulfonamides is 1. The quantitative estimate of drug-likeness (QED) is 0.666. The van der Waals surface area contributed by atoms with Crippen LogP contribution in [0.25, 0.3) is 10.6 Å². The molecule has 9 heteroatoms. The summed E-state index contributed by atoms with van der Waals surface area (Å²) in [5.41, 5.74) is 2.42. The number of methoxy groups -OCH3 is 1. The number of carbonyl (C=O) groups is 1. The molecule has 0 spiro atoms. The third kappa shape index (κ3) is 3.49. The number of thiophene rings is 1. The maximum atomic E-state index is 12.6. The highest BCUT2D eigenvalue weighted by Crippen LogP contribution is 2.32. The molecule has 0 radical (unpaired) electrons. The van der Waals surface area contributed by atoms with Crippen molar-refractivity contribution in [3.8, 4) is 10.6 Å². The predicted molar refractivity (Wildman–Crippen MR) is 97.9 cm³/mol. The van der Waals surface area contributed by atoms with Crippen molar-refractivity contribution in [2.75, 3.05) is 11.8 Å². The standard InChI is InChI=1S/C17H16N2O5S2/c1-10-5-4-6-12(11(10)2)19-26(21,22)16-8-7-15(25-16)14-9-13(18-24-14)17(20)23-3/h4-9,19H,1-3H3. The van der Waals surface area contributed by atoms with Crippen molar-refractivity contribution in [1.29, 1.82) is 0 Å². The summed E-state index contributed by atoms with van der Waals surface area (Å²) in [6.07, 6.45) is 0. The van der Waals surface area contributed by atoms with E-state index in [9.17, 15) is 13.2 Å². The minimum absolute atomic E-state index is 0.0221. The Hall–Kier alpha value is -2.65. The second-order valence-electron chi connectivity index (χ2n) is 5.54. The topological polar surface area (TPSA) is 98.5 Å². The van der Waals surface area contributed by atoms with Crippen molar-refractivity contribution in [3.05, 3.63) is 53.2 Å². The van der Waals surface area contributed by atoms with Gasteiger partial charge in [-0.2, -0.15) is 0 Å². The Morgan fingerprint density at radius 1 is 1.23 bits per heavy atom. The summed E-state index contributed by atoms with van der Waals surface area (Å²) in [7, 11) is -2.50. The van der Waals surface area contributed by atoms with E-state index in [4.69, 9.17) is 4.52 Å². The zero-order valence-electron chi connectivity index (χ0n) is 14.3. The molecule has 2 heterocycles. The smallest absolute Gasteiger partial charge is 0.360 e. The van der Waals surface area contributed by atoms with Crippen molar-refractivity contribution in [2.24, 2.45) is 0 Å². The second-order valence-corrected chi connectivity index (χ2v) is 8.53. The zero-order valence-corrected chi connectivity index (χ0v) is 15.9. The maximum Gasteiger partial charge on any atom is 0.360 e. The molecule has 0 aliphatic carbocycles. The summed E-state index contributed by atoms with van der Waals surface area (Å²) in [5.74, 6) is -0.329. The first kappa shape index (κ1) is 18.2. The molecule has 0 aliphatic rings. The lowest BCUT2D eigenvalue weighted by Gasteiger charge is -2.10. The number of anilines is 1. The number of rotatable bonds is 5. The van der Waals surface area contributed by atoms with Crippen molar-refractivity contribution < 1.29 is 22.5 Å². The van der Waals surface area contributed by atoms with Gasteiger partial charge in [-0.05, 0) is 43.2 Å². The molecular formula is C17H16N2O5S2. The van der Waals surface area contributed by atoms with E-state index in [1.165, 1.54) is 19.2 Å². The number of hydrogen-bond donors (Lipinski definition) is 1. The summed E-state index contributed by atoms with van der Waals surface area (Å²) < 4.78 is 37.7. The fourth-order valence-corrected chi connectivity index (χ4v) is 4.62. The first-order valence-electron chi connectivity index (χ1n) is 7.56. The van der Waals surface area contributed by atoms with Crippen molar-refractivity contribution in [2.45, 2.75) is 18.1 Å². The van der Waals surface area contributed by atoms with E-state index < -0.39 is 16.0 Å². The van der Waals surface area contributed by atoms with Crippen LogP contribution in [0.5, 0.6) is 0 Å². The molecule has 7 nitrogen and oxygen atoms in total. The monoisotopic (exact) mass is 392 g/mol. The number of nitrogens with zero attached hydrogens (tertiary/aromatic N) is 1. The molecule has 0 fully saturated rings. The lowest BCUT2D eigenvalue weighted by atomic mass is 10.1. The van der Waals surface area contributed by atoms with Gasteiger partial charge in [0.05, 0.1) is 17.7 Å². The number of hydrogen-bond acceptors (Lipinski definition) is 7. The van der Waals surface area contributed by atoms with Crippen LogP contribution in [-0.4, -0.2) is 26.7 Å². The van der Waals surface area contributed by atoms with Crippen LogP contribution in [-0.2, 0) is 14.8 Å². The van der Waals surface area contributed by atoms with E-state index in [0.717, 1.165) is 22.5 Å². The summed E-state index contributed by atoms with van der Waals surface area (Å²) >= 11 is 1.02. The summed E-state index contributed by atoms with van der Waals surface area (Å²) in [6.45, 7) is 3.77. The Labute approximate surface area is 154 Å². The average Bonchev–Trinajstić information content (AvgIpc) is 3.27. The van der Waals surface area contributed by atoms with E-state index >= 15 is 0 Å². The first-order valence-corrected chi connectivity index (χ1v) is 9.86. The highest BCUT2D eigenvalue weighted by Gasteiger charge is 2.21. The van der Waals surface area contributed by atoms with Crippen LogP contribution in [0.3, 0.4) is 0 Å². The summed E-state index contributed by atoms with van der Waals surface area (Å²) in [6, 6.07) is 9.92. The lowest BCUT2D eigenvalue weighted by molar-refractivity contribution is 0.0589. The van der Waals surface area contributed by atoms with E-state index in [2.05, 4.69) is 14.6 Å². The minimum atomic E-state index is -3.74. The highest BCUT2D eigenvalue weighted by molar-refractivity contribution is 7.94. The van der Waals surface area contributed by atoms with Crippen molar-refractivity contribution in [3.63, 3.8) is 0 Å². The van der Waals surface area contributed by atoms with Crippen LogP contribution >= 0.6 is 11.3 Å². The number of esters is 1. The Balaban J connectivity index is 1.87. The molecule has 3 rings (SSSR count). The number of nitrogens with one attached hydrogen (secondary N) is 1. The van der Waals surface area contributed by atoms with Crippen LogP contribution in [0.2, 0.25) is 0 Å². The Bertz CT molecular complexity index is 1070. The molecule has 1 N–H and O–H groups in total. The van der Waals surface area contributed by atoms with E-state index in [1.54, 1.807) is 18.2 Å². The largest absolute Gasteiger partial charge is 0.464 e. The molecule has 0 aliphatic heterocycles. The third-order valence-electron chi connectivity index (χ3n) is 3.84. The zero-order chi connectivity index (χ0) is 18.9. The molecule has 0 atom stereocenters. The molecule has 1 aromatic carbocycles. The Morgan fingerprint density at radius 2 is 2.00 bits per heavy atom. The highest BCUT2D eigenvalue weighted by atomic mass is 32.2. The molecule has 0 saturated carbocycles. The van der Waals surface area contributed by atoms with Crippen LogP contribution in [0, 0.1) is 13.8 Å². The fourth-order valence-electron chi connectivity index (χ4n) is 2.25. The fraction of sp³-hybridized carbons (Fsp3) is 0.176. The normalized spacial score (nSPS) is 11.3. The Morgan fingerprint density at radius 3 is 2.73 bits per heavy atom. The SMILES string of the molecule is COC(=O)c1cc(-c2ccc(S(=O)(=O)Nc3cccc(C)c3C)s2)on1. The van der Waals surface area contributed by atoms with Crippen LogP contribution < -0.4 is 4.72 Å². The van der Waals surface area contributed by atoms with Crippen LogP contribution in [0.4, 0.5) is 5.69 Å². The molecular weight excluding hydrogens is 376 g/mol. The molecule has 0 saturated heterocycles. The number of benzene rings is 1. The Kier molecular flexibility index (Phi) is 4.84. The van der Waals surface area contributed by atoms with Gasteiger partial charge in [-0.3, -0.25) is 4.72 Å². The molecule has 0 unspecified atom stereocenters. The van der Waals surface area contributed by atoms with E-state index in [1.807, 2.05) is 19.9 Å². The number of carbonyl (C=O) groups excluding carboxylic acids is 1. The summed E-state index contributed by atoms with van der Waals surface area (Å²) in [4.78, 5) is 12.0. The van der Waals surface area contributed by atoms with E-state index in [0.29, 0.717) is 16.3 Å². The number of aromatic nitrogens is 1. The minimum Gasteiger partial charge on any atom is -0.464 e.